The van der Waals surface area contributed by atoms with Crippen LogP contribution in [0.4, 0.5) is 0 Å². The molecule has 0 bridgehead atoms. The third-order valence-electron chi connectivity index (χ3n) is 10.2. The molecule has 3 fully saturated rings. The number of aromatic hydroxyl groups is 1. The molecule has 56 heavy (non-hydrogen) atoms. The molecule has 312 valence electrons. The van der Waals surface area contributed by atoms with Crippen molar-refractivity contribution in [2.45, 2.75) is 119 Å². The average molecular weight is 798 g/mol. The molecule has 0 radical (unpaired) electrons. The van der Waals surface area contributed by atoms with Crippen LogP contribution in [0.2, 0.25) is 0 Å². The summed E-state index contributed by atoms with van der Waals surface area (Å²) in [7, 11) is 0. The van der Waals surface area contributed by atoms with Crippen LogP contribution in [0.3, 0.4) is 0 Å². The number of fused-ring (bicyclic) bond motifs is 2. The predicted octanol–water partition coefficient (Wildman–Crippen LogP) is -7.30. The fourth-order valence-corrected chi connectivity index (χ4v) is 6.92. The lowest BCUT2D eigenvalue weighted by Gasteiger charge is -2.34. The summed E-state index contributed by atoms with van der Waals surface area (Å²) in [4.78, 5) is 83.9. The van der Waals surface area contributed by atoms with Crippen molar-refractivity contribution in [1.82, 2.24) is 31.1 Å². The van der Waals surface area contributed by atoms with Gasteiger partial charge in [0.25, 0.3) is 0 Å². The minimum atomic E-state index is -2.24. The first kappa shape index (κ1) is 44.2. The first-order valence-electron chi connectivity index (χ1n) is 18.0. The average Bonchev–Trinajstić information content (AvgIpc) is 3.68. The summed E-state index contributed by atoms with van der Waals surface area (Å²) in [6, 6.07) is -6.28. The first-order chi connectivity index (χ1) is 26.1. The summed E-state index contributed by atoms with van der Waals surface area (Å²) >= 11 is 0. The number of carbonyl (C=O) groups excluding carboxylic acids is 6. The molecule has 6 amide bonds. The Morgan fingerprint density at radius 2 is 1.23 bits per heavy atom. The Morgan fingerprint density at radius 1 is 0.696 bits per heavy atom. The second kappa shape index (κ2) is 18.2. The van der Waals surface area contributed by atoms with Gasteiger partial charge in [-0.15, -0.1) is 0 Å². The summed E-state index contributed by atoms with van der Waals surface area (Å²) in [5, 5.41) is 105. The van der Waals surface area contributed by atoms with Crippen LogP contribution in [0.25, 0.3) is 0 Å². The van der Waals surface area contributed by atoms with E-state index in [2.05, 4.69) is 16.0 Å². The standard InChI is InChI=1S/C34H51N7O15/c1-12-10-41-24(25(12)47)32(54)39-30(52)20(46)9-18(35)28(50)36-21(13(2)42)33(55)40-11-17(45)8-19(40)29(51)38-23(31(53)37-22(14(3)43)34(41)56)27(49)26(48)15-4-6-16(44)7-5-15/h4-7,12-14,17-27,30,42-49,52H,8-11,35H2,1-3H3,(H,36,50)(H,37,53)(H,38,51)(H,39,54)/t12-,13+,14+,17+,18-,19-,20+,21+,22-,23-,24-,25-,26-,27-,30+/m0/s1. The number of phenols is 1. The second-order valence-corrected chi connectivity index (χ2v) is 14.6. The summed E-state index contributed by atoms with van der Waals surface area (Å²) in [5.74, 6) is -8.12. The van der Waals surface area contributed by atoms with E-state index in [1.807, 2.05) is 5.32 Å². The van der Waals surface area contributed by atoms with E-state index < -0.39 is 146 Å². The predicted molar refractivity (Wildman–Crippen MR) is 188 cm³/mol. The summed E-state index contributed by atoms with van der Waals surface area (Å²) in [6.45, 7) is 2.85. The minimum Gasteiger partial charge on any atom is -0.508 e. The number of carbonyl (C=O) groups is 6. The molecule has 0 unspecified atom stereocenters. The van der Waals surface area contributed by atoms with E-state index in [1.165, 1.54) is 19.1 Å². The molecule has 1 aromatic rings. The fraction of sp³-hybridized carbons (Fsp3) is 0.647. The molecule has 22 heteroatoms. The van der Waals surface area contributed by atoms with Crippen LogP contribution < -0.4 is 27.0 Å². The maximum Gasteiger partial charge on any atom is 0.248 e. The third kappa shape index (κ3) is 9.70. The van der Waals surface area contributed by atoms with Gasteiger partial charge < -0.3 is 82.8 Å². The first-order valence-corrected chi connectivity index (χ1v) is 18.0. The highest BCUT2D eigenvalue weighted by Crippen LogP contribution is 2.27. The number of benzene rings is 1. The van der Waals surface area contributed by atoms with Crippen molar-refractivity contribution in [3.8, 4) is 5.75 Å². The lowest BCUT2D eigenvalue weighted by atomic mass is 9.96. The SMILES string of the molecule is C[C@@H](O)[C@@H]1NC(=O)[C@H]([C@H](O)[C@@H](O)c2ccc(O)cc2)NC(=O)[C@@H]2C[C@@H](O)CN2C(=O)[C@@H]([C@@H](C)O)NC(=O)[C@@H](N)C[C@@H](O)[C@@H](O)NC(=O)[C@@H]2[C@@H](O)[C@@H](C)CN2C1=O. The van der Waals surface area contributed by atoms with Crippen LogP contribution in [0.5, 0.6) is 5.75 Å². The number of amides is 6. The molecular formula is C34H51N7O15. The Kier molecular flexibility index (Phi) is 14.3. The van der Waals surface area contributed by atoms with Crippen LogP contribution in [0.1, 0.15) is 45.3 Å². The molecule has 3 aliphatic rings. The van der Waals surface area contributed by atoms with Crippen molar-refractivity contribution in [3.05, 3.63) is 29.8 Å². The molecular weight excluding hydrogens is 746 g/mol. The summed E-state index contributed by atoms with van der Waals surface area (Å²) < 4.78 is 0. The third-order valence-corrected chi connectivity index (χ3v) is 10.2. The molecule has 3 saturated heterocycles. The van der Waals surface area contributed by atoms with Crippen LogP contribution >= 0.6 is 0 Å². The fourth-order valence-electron chi connectivity index (χ4n) is 6.92. The van der Waals surface area contributed by atoms with Crippen molar-refractivity contribution in [2.75, 3.05) is 13.1 Å². The van der Waals surface area contributed by atoms with Gasteiger partial charge in [0, 0.05) is 31.8 Å². The van der Waals surface area contributed by atoms with Gasteiger partial charge in [-0.05, 0) is 31.5 Å². The van der Waals surface area contributed by atoms with Crippen LogP contribution in [-0.2, 0) is 28.8 Å². The number of aliphatic hydroxyl groups is 8. The largest absolute Gasteiger partial charge is 0.508 e. The van der Waals surface area contributed by atoms with E-state index in [1.54, 1.807) is 0 Å². The lowest BCUT2D eigenvalue weighted by Crippen LogP contribution is -2.64. The number of nitrogens with zero attached hydrogens (tertiary/aromatic N) is 2. The monoisotopic (exact) mass is 797 g/mol. The van der Waals surface area contributed by atoms with E-state index in [0.29, 0.717) is 0 Å². The number of nitrogens with two attached hydrogens (primary N) is 1. The Bertz CT molecular complexity index is 1620. The highest BCUT2D eigenvalue weighted by atomic mass is 16.3. The van der Waals surface area contributed by atoms with E-state index >= 15 is 0 Å². The number of hydrogen-bond acceptors (Lipinski definition) is 16. The maximum atomic E-state index is 14.0. The van der Waals surface area contributed by atoms with Gasteiger partial charge in [0.15, 0.2) is 6.23 Å². The van der Waals surface area contributed by atoms with Gasteiger partial charge in [-0.25, -0.2) is 0 Å². The zero-order chi connectivity index (χ0) is 41.9. The number of hydrogen-bond donors (Lipinski definition) is 14. The van der Waals surface area contributed by atoms with Crippen LogP contribution in [0, 0.1) is 5.92 Å². The van der Waals surface area contributed by atoms with E-state index in [-0.39, 0.29) is 17.9 Å². The van der Waals surface area contributed by atoms with Gasteiger partial charge in [0.2, 0.25) is 35.4 Å². The van der Waals surface area contributed by atoms with Crippen molar-refractivity contribution in [3.63, 3.8) is 0 Å². The second-order valence-electron chi connectivity index (χ2n) is 14.6. The molecule has 15 atom stereocenters. The topological polar surface area (TPSA) is 365 Å². The molecule has 0 aliphatic carbocycles. The number of aliphatic hydroxyl groups excluding tert-OH is 8. The van der Waals surface area contributed by atoms with Crippen molar-refractivity contribution in [1.29, 1.82) is 0 Å². The van der Waals surface area contributed by atoms with Crippen LogP contribution in [-0.4, -0.2) is 183 Å². The van der Waals surface area contributed by atoms with Crippen LogP contribution in [0.15, 0.2) is 24.3 Å². The highest BCUT2D eigenvalue weighted by molar-refractivity contribution is 5.98. The highest BCUT2D eigenvalue weighted by Gasteiger charge is 2.50. The van der Waals surface area contributed by atoms with E-state index in [4.69, 9.17) is 5.73 Å². The van der Waals surface area contributed by atoms with Gasteiger partial charge in [0.1, 0.15) is 54.3 Å². The smallest absolute Gasteiger partial charge is 0.248 e. The Hall–Kier alpha value is -4.52. The van der Waals surface area contributed by atoms with Crippen molar-refractivity contribution >= 4 is 35.4 Å². The molecule has 22 nitrogen and oxygen atoms in total. The molecule has 0 saturated carbocycles. The Morgan fingerprint density at radius 3 is 1.80 bits per heavy atom. The van der Waals surface area contributed by atoms with E-state index in [9.17, 15) is 74.7 Å². The zero-order valence-electron chi connectivity index (χ0n) is 30.7. The normalized spacial score (nSPS) is 35.2. The van der Waals surface area contributed by atoms with E-state index in [0.717, 1.165) is 35.8 Å². The molecule has 1 aromatic carbocycles. The quantitative estimate of drug-likeness (QED) is 0.132. The Labute approximate surface area is 320 Å². The molecule has 3 heterocycles. The van der Waals surface area contributed by atoms with Gasteiger partial charge >= 0.3 is 0 Å². The van der Waals surface area contributed by atoms with Gasteiger partial charge in [0.05, 0.1) is 30.5 Å². The lowest BCUT2D eigenvalue weighted by molar-refractivity contribution is -0.148. The maximum absolute atomic E-state index is 14.0. The van der Waals surface area contributed by atoms with Crippen molar-refractivity contribution in [2.24, 2.45) is 11.7 Å². The van der Waals surface area contributed by atoms with Gasteiger partial charge in [-0.1, -0.05) is 19.1 Å². The molecule has 15 N–H and O–H groups in total. The number of nitrogens with one attached hydrogen (secondary N) is 4. The molecule has 3 aliphatic heterocycles. The summed E-state index contributed by atoms with van der Waals surface area (Å²) in [5.41, 5.74) is 5.88. The number of rotatable bonds is 5. The minimum absolute atomic E-state index is 0.0501. The molecule has 0 spiro atoms. The molecule has 0 aromatic heterocycles. The van der Waals surface area contributed by atoms with Crippen molar-refractivity contribution < 1.29 is 74.7 Å². The Balaban J connectivity index is 1.80. The number of phenolic OH excluding ortho intramolecular Hbond substituents is 1. The zero-order valence-corrected chi connectivity index (χ0v) is 30.7. The van der Waals surface area contributed by atoms with Gasteiger partial charge in [-0.2, -0.15) is 0 Å². The molecule has 4 rings (SSSR count). The summed E-state index contributed by atoms with van der Waals surface area (Å²) in [6.07, 6.45) is -15.8. The van der Waals surface area contributed by atoms with Gasteiger partial charge in [-0.3, -0.25) is 28.8 Å².